The average Bonchev–Trinajstić information content (AvgIpc) is 2.24. The summed E-state index contributed by atoms with van der Waals surface area (Å²) in [7, 11) is 4.12. The Balaban J connectivity index is 2.68. The lowest BCUT2D eigenvalue weighted by Gasteiger charge is -2.23. The first kappa shape index (κ1) is 12.7. The van der Waals surface area contributed by atoms with Gasteiger partial charge < -0.3 is 15.5 Å². The van der Waals surface area contributed by atoms with E-state index in [0.29, 0.717) is 5.82 Å². The molecule has 0 aliphatic heterocycles. The monoisotopic (exact) mass is 223 g/mol. The maximum Gasteiger partial charge on any atom is 0.227 e. The molecule has 5 heteroatoms. The van der Waals surface area contributed by atoms with Crippen LogP contribution in [0.4, 0.5) is 11.8 Å². The van der Waals surface area contributed by atoms with Gasteiger partial charge in [0, 0.05) is 25.8 Å². The van der Waals surface area contributed by atoms with Crippen LogP contribution in [0.2, 0.25) is 0 Å². The fourth-order valence-corrected chi connectivity index (χ4v) is 1.42. The molecule has 1 heterocycles. The Morgan fingerprint density at radius 3 is 2.56 bits per heavy atom. The van der Waals surface area contributed by atoms with Crippen LogP contribution >= 0.6 is 0 Å². The van der Waals surface area contributed by atoms with E-state index in [0.717, 1.165) is 32.0 Å². The molecule has 0 atom stereocenters. The molecule has 0 aliphatic rings. The van der Waals surface area contributed by atoms with Crippen molar-refractivity contribution in [3.63, 3.8) is 0 Å². The summed E-state index contributed by atoms with van der Waals surface area (Å²) in [6.07, 6.45) is 2.78. The molecule has 5 nitrogen and oxygen atoms in total. The number of aromatic nitrogens is 2. The number of nitrogens with zero attached hydrogens (tertiary/aromatic N) is 4. The van der Waals surface area contributed by atoms with E-state index in [2.05, 4.69) is 40.8 Å². The van der Waals surface area contributed by atoms with Gasteiger partial charge in [-0.25, -0.2) is 4.98 Å². The predicted molar refractivity (Wildman–Crippen MR) is 67.5 cm³/mol. The molecule has 0 fully saturated rings. The van der Waals surface area contributed by atoms with Crippen LogP contribution in [0.25, 0.3) is 0 Å². The lowest BCUT2D eigenvalue weighted by Crippen LogP contribution is -2.33. The molecule has 16 heavy (non-hydrogen) atoms. The molecule has 0 saturated heterocycles. The molecule has 0 bridgehead atoms. The smallest absolute Gasteiger partial charge is 0.227 e. The van der Waals surface area contributed by atoms with E-state index in [1.165, 1.54) is 0 Å². The minimum atomic E-state index is 0.524. The lowest BCUT2D eigenvalue weighted by molar-refractivity contribution is 0.412. The van der Waals surface area contributed by atoms with Crippen molar-refractivity contribution in [3.8, 4) is 0 Å². The zero-order valence-corrected chi connectivity index (χ0v) is 10.3. The van der Waals surface area contributed by atoms with E-state index in [-0.39, 0.29) is 0 Å². The van der Waals surface area contributed by atoms with E-state index in [4.69, 9.17) is 5.73 Å². The predicted octanol–water partition coefficient (Wildman–Crippen LogP) is 0.837. The van der Waals surface area contributed by atoms with Crippen molar-refractivity contribution in [2.75, 3.05) is 44.4 Å². The summed E-state index contributed by atoms with van der Waals surface area (Å²) in [5, 5.41) is 0. The normalized spacial score (nSPS) is 10.8. The largest absolute Gasteiger partial charge is 0.384 e. The molecule has 0 saturated carbocycles. The second-order valence-electron chi connectivity index (χ2n) is 4.07. The number of anilines is 2. The molecular weight excluding hydrogens is 202 g/mol. The number of hydrogen-bond donors (Lipinski definition) is 1. The van der Waals surface area contributed by atoms with Crippen molar-refractivity contribution < 1.29 is 0 Å². The third-order valence-electron chi connectivity index (χ3n) is 2.26. The van der Waals surface area contributed by atoms with Crippen LogP contribution in [0.1, 0.15) is 13.3 Å². The van der Waals surface area contributed by atoms with Crippen LogP contribution in [-0.4, -0.2) is 48.6 Å². The summed E-state index contributed by atoms with van der Waals surface area (Å²) in [5.74, 6) is 1.25. The number of hydrogen-bond acceptors (Lipinski definition) is 5. The summed E-state index contributed by atoms with van der Waals surface area (Å²) >= 11 is 0. The molecule has 0 radical (unpaired) electrons. The third kappa shape index (κ3) is 4.02. The summed E-state index contributed by atoms with van der Waals surface area (Å²) in [5.41, 5.74) is 5.66. The van der Waals surface area contributed by atoms with Crippen LogP contribution < -0.4 is 10.6 Å². The summed E-state index contributed by atoms with van der Waals surface area (Å²) in [6, 6.07) is 1.71. The van der Waals surface area contributed by atoms with Gasteiger partial charge in [-0.3, -0.25) is 0 Å². The SMILES string of the molecule is CCCN(CCN(C)C)c1nccc(N)n1. The third-order valence-corrected chi connectivity index (χ3v) is 2.26. The van der Waals surface area contributed by atoms with Gasteiger partial charge in [0.05, 0.1) is 0 Å². The van der Waals surface area contributed by atoms with Gasteiger partial charge in [0.1, 0.15) is 5.82 Å². The molecule has 0 aliphatic carbocycles. The van der Waals surface area contributed by atoms with E-state index >= 15 is 0 Å². The molecule has 0 amide bonds. The van der Waals surface area contributed by atoms with Crippen LogP contribution in [0.3, 0.4) is 0 Å². The number of nitrogens with two attached hydrogens (primary N) is 1. The molecule has 2 N–H and O–H groups in total. The van der Waals surface area contributed by atoms with Gasteiger partial charge in [-0.05, 0) is 26.6 Å². The van der Waals surface area contributed by atoms with Crippen LogP contribution in [-0.2, 0) is 0 Å². The minimum Gasteiger partial charge on any atom is -0.384 e. The minimum absolute atomic E-state index is 0.524. The van der Waals surface area contributed by atoms with Crippen molar-refractivity contribution >= 4 is 11.8 Å². The second-order valence-corrected chi connectivity index (χ2v) is 4.07. The molecule has 0 spiro atoms. The van der Waals surface area contributed by atoms with Gasteiger partial charge in [-0.15, -0.1) is 0 Å². The van der Waals surface area contributed by atoms with Gasteiger partial charge >= 0.3 is 0 Å². The first-order valence-corrected chi connectivity index (χ1v) is 5.61. The summed E-state index contributed by atoms with van der Waals surface area (Å²) in [6.45, 7) is 5.01. The van der Waals surface area contributed by atoms with E-state index < -0.39 is 0 Å². The van der Waals surface area contributed by atoms with Crippen LogP contribution in [0, 0.1) is 0 Å². The zero-order chi connectivity index (χ0) is 12.0. The van der Waals surface area contributed by atoms with Gasteiger partial charge in [-0.1, -0.05) is 6.92 Å². The van der Waals surface area contributed by atoms with E-state index in [1.54, 1.807) is 12.3 Å². The second kappa shape index (κ2) is 6.27. The molecular formula is C11H21N5. The summed E-state index contributed by atoms with van der Waals surface area (Å²) in [4.78, 5) is 12.8. The maximum atomic E-state index is 5.66. The van der Waals surface area contributed by atoms with Gasteiger partial charge in [0.25, 0.3) is 0 Å². The fourth-order valence-electron chi connectivity index (χ4n) is 1.42. The van der Waals surface area contributed by atoms with Crippen molar-refractivity contribution in [3.05, 3.63) is 12.3 Å². The number of rotatable bonds is 6. The lowest BCUT2D eigenvalue weighted by atomic mass is 10.4. The average molecular weight is 223 g/mol. The van der Waals surface area contributed by atoms with Crippen molar-refractivity contribution in [2.24, 2.45) is 0 Å². The van der Waals surface area contributed by atoms with E-state index in [1.807, 2.05) is 0 Å². The standard InChI is InChI=1S/C11H21N5/c1-4-7-16(9-8-15(2)3)11-13-6-5-10(12)14-11/h5-6H,4,7-9H2,1-3H3,(H2,12,13,14). The van der Waals surface area contributed by atoms with Crippen molar-refractivity contribution in [1.82, 2.24) is 14.9 Å². The first-order valence-electron chi connectivity index (χ1n) is 5.61. The van der Waals surface area contributed by atoms with Crippen molar-refractivity contribution in [1.29, 1.82) is 0 Å². The molecule has 90 valence electrons. The zero-order valence-electron chi connectivity index (χ0n) is 10.3. The highest BCUT2D eigenvalue weighted by Gasteiger charge is 2.08. The Hall–Kier alpha value is -1.36. The highest BCUT2D eigenvalue weighted by Crippen LogP contribution is 2.08. The maximum absolute atomic E-state index is 5.66. The highest BCUT2D eigenvalue weighted by atomic mass is 15.3. The Labute approximate surface area is 97.3 Å². The van der Waals surface area contributed by atoms with E-state index in [9.17, 15) is 0 Å². The fraction of sp³-hybridized carbons (Fsp3) is 0.636. The highest BCUT2D eigenvalue weighted by molar-refractivity contribution is 5.37. The molecule has 1 aromatic heterocycles. The molecule has 1 rings (SSSR count). The van der Waals surface area contributed by atoms with Gasteiger partial charge in [0.2, 0.25) is 5.95 Å². The first-order chi connectivity index (χ1) is 7.63. The Morgan fingerprint density at radius 1 is 1.25 bits per heavy atom. The quantitative estimate of drug-likeness (QED) is 0.774. The summed E-state index contributed by atoms with van der Waals surface area (Å²) < 4.78 is 0. The number of nitrogen functional groups attached to an aromatic ring is 1. The topological polar surface area (TPSA) is 58.3 Å². The Morgan fingerprint density at radius 2 is 2.00 bits per heavy atom. The molecule has 0 aromatic carbocycles. The van der Waals surface area contributed by atoms with Gasteiger partial charge in [0.15, 0.2) is 0 Å². The van der Waals surface area contributed by atoms with Crippen molar-refractivity contribution in [2.45, 2.75) is 13.3 Å². The Kier molecular flexibility index (Phi) is 4.98. The molecule has 0 unspecified atom stereocenters. The van der Waals surface area contributed by atoms with Crippen LogP contribution in [0.5, 0.6) is 0 Å². The number of likely N-dealkylation sites (N-methyl/N-ethyl adjacent to an activating group) is 1. The molecule has 1 aromatic rings. The van der Waals surface area contributed by atoms with Crippen LogP contribution in [0.15, 0.2) is 12.3 Å². The van der Waals surface area contributed by atoms with Gasteiger partial charge in [-0.2, -0.15) is 4.98 Å². The Bertz CT molecular complexity index is 313.